The maximum Gasteiger partial charge on any atom is 0.307 e. The van der Waals surface area contributed by atoms with E-state index in [0.717, 1.165) is 0 Å². The Hall–Kier alpha value is -1.32. The molecule has 4 nitrogen and oxygen atoms in total. The first-order valence-electron chi connectivity index (χ1n) is 3.63. The molecule has 0 saturated carbocycles. The molecule has 0 aliphatic rings. The molecule has 0 fully saturated rings. The van der Waals surface area contributed by atoms with Gasteiger partial charge in [-0.25, -0.2) is 0 Å². The van der Waals surface area contributed by atoms with Gasteiger partial charge in [-0.2, -0.15) is 0 Å². The summed E-state index contributed by atoms with van der Waals surface area (Å²) >= 11 is 0. The molecule has 4 heteroatoms. The van der Waals surface area contributed by atoms with Gasteiger partial charge in [0.1, 0.15) is 0 Å². The molecule has 1 unspecified atom stereocenters. The van der Waals surface area contributed by atoms with Crippen LogP contribution in [0, 0.1) is 5.92 Å². The maximum atomic E-state index is 10.4. The fraction of sp³-hybridized carbons (Fsp3) is 0.500. The molecule has 0 bridgehead atoms. The zero-order valence-corrected chi connectivity index (χ0v) is 6.86. The lowest BCUT2D eigenvalue weighted by molar-refractivity contribution is -0.148. The quantitative estimate of drug-likeness (QED) is 0.609. The normalized spacial score (nSPS) is 13.1. The van der Waals surface area contributed by atoms with E-state index in [2.05, 4.69) is 0 Å². The Morgan fingerprint density at radius 3 is 2.33 bits per heavy atom. The van der Waals surface area contributed by atoms with Gasteiger partial charge in [0.05, 0.1) is 12.3 Å². The van der Waals surface area contributed by atoms with Crippen molar-refractivity contribution in [3.05, 3.63) is 12.2 Å². The first kappa shape index (κ1) is 10.7. The van der Waals surface area contributed by atoms with Crippen molar-refractivity contribution in [1.29, 1.82) is 0 Å². The highest BCUT2D eigenvalue weighted by molar-refractivity contribution is 5.77. The van der Waals surface area contributed by atoms with Gasteiger partial charge in [0.25, 0.3) is 0 Å². The molecule has 2 N–H and O–H groups in total. The van der Waals surface area contributed by atoms with Crippen molar-refractivity contribution in [2.24, 2.45) is 5.92 Å². The Kier molecular flexibility index (Phi) is 4.76. The van der Waals surface area contributed by atoms with Crippen LogP contribution in [-0.4, -0.2) is 22.2 Å². The highest BCUT2D eigenvalue weighted by atomic mass is 16.4. The standard InChI is InChI=1S/C8H12O4/c1-2-3-4-6(8(11)12)5-7(9)10/h2-3,6H,4-5H2,1H3,(H,9,10)(H,11,12)/b3-2-. The smallest absolute Gasteiger partial charge is 0.307 e. The fourth-order valence-electron chi connectivity index (χ4n) is 0.783. The van der Waals surface area contributed by atoms with Crippen molar-refractivity contribution in [2.45, 2.75) is 19.8 Å². The summed E-state index contributed by atoms with van der Waals surface area (Å²) in [5, 5.41) is 16.9. The molecule has 0 aromatic carbocycles. The number of rotatable bonds is 5. The number of carboxylic acid groups (broad SMARTS) is 2. The van der Waals surface area contributed by atoms with Gasteiger partial charge < -0.3 is 10.2 Å². The van der Waals surface area contributed by atoms with Crippen LogP contribution in [0.2, 0.25) is 0 Å². The average Bonchev–Trinajstić information content (AvgIpc) is 1.96. The van der Waals surface area contributed by atoms with Crippen molar-refractivity contribution < 1.29 is 19.8 Å². The summed E-state index contributed by atoms with van der Waals surface area (Å²) in [6, 6.07) is 0. The Balaban J connectivity index is 4.04. The summed E-state index contributed by atoms with van der Waals surface area (Å²) in [4.78, 5) is 20.6. The summed E-state index contributed by atoms with van der Waals surface area (Å²) in [7, 11) is 0. The summed E-state index contributed by atoms with van der Waals surface area (Å²) in [5.74, 6) is -2.94. The second-order valence-corrected chi connectivity index (χ2v) is 2.44. The predicted octanol–water partition coefficient (Wildman–Crippen LogP) is 1.13. The molecule has 0 spiro atoms. The van der Waals surface area contributed by atoms with Gasteiger partial charge in [-0.15, -0.1) is 0 Å². The summed E-state index contributed by atoms with van der Waals surface area (Å²) in [5.41, 5.74) is 0. The van der Waals surface area contributed by atoms with Crippen molar-refractivity contribution in [2.75, 3.05) is 0 Å². The Bertz CT molecular complexity index is 195. The highest BCUT2D eigenvalue weighted by Gasteiger charge is 2.18. The molecular weight excluding hydrogens is 160 g/mol. The minimum atomic E-state index is -1.08. The Labute approximate surface area is 70.5 Å². The predicted molar refractivity (Wildman–Crippen MR) is 42.8 cm³/mol. The monoisotopic (exact) mass is 172 g/mol. The summed E-state index contributed by atoms with van der Waals surface area (Å²) in [6.45, 7) is 1.76. The summed E-state index contributed by atoms with van der Waals surface area (Å²) < 4.78 is 0. The number of allylic oxidation sites excluding steroid dienone is 2. The molecule has 0 aromatic heterocycles. The number of aliphatic carboxylic acids is 2. The number of hydrogen-bond donors (Lipinski definition) is 2. The second kappa shape index (κ2) is 5.35. The van der Waals surface area contributed by atoms with Crippen molar-refractivity contribution in [1.82, 2.24) is 0 Å². The molecule has 0 heterocycles. The molecule has 0 saturated heterocycles. The lowest BCUT2D eigenvalue weighted by atomic mass is 10.0. The summed E-state index contributed by atoms with van der Waals surface area (Å²) in [6.07, 6.45) is 3.32. The van der Waals surface area contributed by atoms with Crippen LogP contribution in [0.1, 0.15) is 19.8 Å². The molecule has 0 rings (SSSR count). The zero-order valence-electron chi connectivity index (χ0n) is 6.86. The second-order valence-electron chi connectivity index (χ2n) is 2.44. The molecule has 0 aliphatic carbocycles. The van der Waals surface area contributed by atoms with Crippen molar-refractivity contribution in [3.8, 4) is 0 Å². The average molecular weight is 172 g/mol. The van der Waals surface area contributed by atoms with E-state index in [9.17, 15) is 9.59 Å². The van der Waals surface area contributed by atoms with Crippen LogP contribution in [0.15, 0.2) is 12.2 Å². The highest BCUT2D eigenvalue weighted by Crippen LogP contribution is 2.09. The van der Waals surface area contributed by atoms with Gasteiger partial charge in [0, 0.05) is 0 Å². The lowest BCUT2D eigenvalue weighted by Crippen LogP contribution is -2.16. The van der Waals surface area contributed by atoms with Crippen LogP contribution in [0.4, 0.5) is 0 Å². The van der Waals surface area contributed by atoms with E-state index < -0.39 is 17.9 Å². The SMILES string of the molecule is C/C=C\CC(CC(=O)O)C(=O)O. The van der Waals surface area contributed by atoms with Gasteiger partial charge >= 0.3 is 11.9 Å². The van der Waals surface area contributed by atoms with Gasteiger partial charge in [-0.3, -0.25) is 9.59 Å². The minimum absolute atomic E-state index is 0.276. The van der Waals surface area contributed by atoms with E-state index in [4.69, 9.17) is 10.2 Å². The minimum Gasteiger partial charge on any atom is -0.481 e. The zero-order chi connectivity index (χ0) is 9.56. The third kappa shape index (κ3) is 4.49. The van der Waals surface area contributed by atoms with Crippen LogP contribution in [-0.2, 0) is 9.59 Å². The number of carboxylic acids is 2. The van der Waals surface area contributed by atoms with E-state index in [1.807, 2.05) is 0 Å². The van der Waals surface area contributed by atoms with E-state index in [-0.39, 0.29) is 12.8 Å². The third-order valence-electron chi connectivity index (χ3n) is 1.43. The third-order valence-corrected chi connectivity index (χ3v) is 1.43. The Morgan fingerprint density at radius 1 is 1.42 bits per heavy atom. The molecule has 1 atom stereocenters. The lowest BCUT2D eigenvalue weighted by Gasteiger charge is -2.05. The van der Waals surface area contributed by atoms with Crippen LogP contribution < -0.4 is 0 Å². The molecule has 68 valence electrons. The molecule has 0 amide bonds. The van der Waals surface area contributed by atoms with Crippen molar-refractivity contribution in [3.63, 3.8) is 0 Å². The van der Waals surface area contributed by atoms with Crippen LogP contribution in [0.3, 0.4) is 0 Å². The largest absolute Gasteiger partial charge is 0.481 e. The van der Waals surface area contributed by atoms with Crippen LogP contribution in [0.25, 0.3) is 0 Å². The number of carbonyl (C=O) groups is 2. The molecular formula is C8H12O4. The van der Waals surface area contributed by atoms with Crippen molar-refractivity contribution >= 4 is 11.9 Å². The van der Waals surface area contributed by atoms with Gasteiger partial charge in [0.2, 0.25) is 0 Å². The van der Waals surface area contributed by atoms with Gasteiger partial charge in [-0.1, -0.05) is 12.2 Å². The molecule has 0 radical (unpaired) electrons. The maximum absolute atomic E-state index is 10.4. The van der Waals surface area contributed by atoms with Crippen LogP contribution >= 0.6 is 0 Å². The molecule has 0 aromatic rings. The fourth-order valence-corrected chi connectivity index (χ4v) is 0.783. The van der Waals surface area contributed by atoms with Gasteiger partial charge in [0.15, 0.2) is 0 Å². The first-order valence-corrected chi connectivity index (χ1v) is 3.63. The van der Waals surface area contributed by atoms with Crippen LogP contribution in [0.5, 0.6) is 0 Å². The van der Waals surface area contributed by atoms with E-state index in [0.29, 0.717) is 0 Å². The van der Waals surface area contributed by atoms with E-state index >= 15 is 0 Å². The molecule has 12 heavy (non-hydrogen) atoms. The Morgan fingerprint density at radius 2 is 2.00 bits per heavy atom. The van der Waals surface area contributed by atoms with E-state index in [1.54, 1.807) is 19.1 Å². The van der Waals surface area contributed by atoms with Gasteiger partial charge in [-0.05, 0) is 13.3 Å². The first-order chi connectivity index (χ1) is 5.57. The molecule has 0 aliphatic heterocycles. The van der Waals surface area contributed by atoms with E-state index in [1.165, 1.54) is 0 Å². The number of hydrogen-bond acceptors (Lipinski definition) is 2. The topological polar surface area (TPSA) is 74.6 Å².